The second kappa shape index (κ2) is 17.9. The van der Waals surface area contributed by atoms with Crippen molar-refractivity contribution in [3.05, 3.63) is 135 Å². The number of nitrogens with zero attached hydrogens (tertiary/aromatic N) is 3. The van der Waals surface area contributed by atoms with Crippen LogP contribution in [0, 0.1) is 31.1 Å². The average molecular weight is 811 g/mol. The Hall–Kier alpha value is -5.24. The normalized spacial score (nSPS) is 19.3. The number of aliphatic hydroxyl groups is 1. The van der Waals surface area contributed by atoms with E-state index in [1.165, 1.54) is 39.6 Å². The Morgan fingerprint density at radius 2 is 1.64 bits per heavy atom. The molecule has 0 bridgehead atoms. The Labute approximate surface area is 351 Å². The van der Waals surface area contributed by atoms with Crippen LogP contribution in [0.1, 0.15) is 89.1 Å². The first-order valence-corrected chi connectivity index (χ1v) is 21.2. The number of likely N-dealkylation sites (tertiary alicyclic amines) is 1. The molecule has 304 valence electrons. The van der Waals surface area contributed by atoms with E-state index in [0.717, 1.165) is 85.9 Å². The van der Waals surface area contributed by atoms with Crippen molar-refractivity contribution in [3.63, 3.8) is 0 Å². The maximum absolute atomic E-state index is 11.5. The lowest BCUT2D eigenvalue weighted by atomic mass is 9.88. The van der Waals surface area contributed by atoms with Crippen LogP contribution in [0.5, 0.6) is 11.5 Å². The number of benzene rings is 4. The largest absolute Gasteiger partial charge is 0.488 e. The van der Waals surface area contributed by atoms with Gasteiger partial charge in [0.15, 0.2) is 0 Å². The third kappa shape index (κ3) is 8.88. The Morgan fingerprint density at radius 3 is 2.41 bits per heavy atom. The van der Waals surface area contributed by atoms with Crippen LogP contribution in [0.15, 0.2) is 85.2 Å². The fourth-order valence-electron chi connectivity index (χ4n) is 9.29. The van der Waals surface area contributed by atoms with Crippen LogP contribution in [-0.4, -0.2) is 51.3 Å². The van der Waals surface area contributed by atoms with Gasteiger partial charge in [-0.15, -0.1) is 0 Å². The zero-order valence-electron chi connectivity index (χ0n) is 33.7. The number of hydrogen-bond acceptors (Lipinski definition) is 8. The molecule has 3 aliphatic rings. The molecule has 9 nitrogen and oxygen atoms in total. The number of pyridine rings is 1. The third-order valence-corrected chi connectivity index (χ3v) is 13.0. The number of aliphatic hydroxyl groups excluding tert-OH is 1. The Kier molecular flexibility index (Phi) is 12.3. The van der Waals surface area contributed by atoms with Crippen molar-refractivity contribution in [1.29, 1.82) is 5.26 Å². The first-order chi connectivity index (χ1) is 28.7. The average Bonchev–Trinajstić information content (AvgIpc) is 3.88. The molecular formula is C49H51ClN4O5. The summed E-state index contributed by atoms with van der Waals surface area (Å²) >= 11 is 6.88. The van der Waals surface area contributed by atoms with Gasteiger partial charge >= 0.3 is 5.97 Å². The van der Waals surface area contributed by atoms with Gasteiger partial charge in [-0.05, 0) is 134 Å². The number of ether oxygens (including phenoxy) is 2. The lowest BCUT2D eigenvalue weighted by molar-refractivity contribution is -0.143. The Bertz CT molecular complexity index is 2390. The van der Waals surface area contributed by atoms with E-state index in [1.807, 2.05) is 12.1 Å². The van der Waals surface area contributed by atoms with Crippen LogP contribution in [0.25, 0.3) is 22.3 Å². The summed E-state index contributed by atoms with van der Waals surface area (Å²) in [5.74, 6) is 0.221. The topological polar surface area (TPSA) is 128 Å². The predicted molar refractivity (Wildman–Crippen MR) is 229 cm³/mol. The number of piperidine rings is 1. The van der Waals surface area contributed by atoms with Crippen molar-refractivity contribution in [2.45, 2.75) is 96.7 Å². The van der Waals surface area contributed by atoms with Gasteiger partial charge in [0.2, 0.25) is 0 Å². The van der Waals surface area contributed by atoms with Crippen molar-refractivity contribution < 1.29 is 24.5 Å². The van der Waals surface area contributed by atoms with E-state index in [2.05, 4.69) is 89.7 Å². The molecule has 3 atom stereocenters. The molecule has 0 amide bonds. The minimum atomic E-state index is -0.665. The van der Waals surface area contributed by atoms with E-state index in [1.54, 1.807) is 12.3 Å². The number of nitriles is 1. The van der Waals surface area contributed by atoms with Crippen LogP contribution < -0.4 is 14.8 Å². The number of hydrogen-bond donors (Lipinski definition) is 3. The molecule has 10 heteroatoms. The summed E-state index contributed by atoms with van der Waals surface area (Å²) in [4.78, 5) is 18.2. The van der Waals surface area contributed by atoms with Gasteiger partial charge < -0.3 is 25.0 Å². The lowest BCUT2D eigenvalue weighted by Crippen LogP contribution is -2.38. The molecule has 4 aromatic carbocycles. The summed E-state index contributed by atoms with van der Waals surface area (Å²) < 4.78 is 12.8. The standard InChI is InChI=1S/C49H51ClN4O5/c1-30-37(29-59-48-23-47(58-28-33-20-32(24-51)25-52-26-33)38(22-43(48)50)27-53-44-10-5-11-46(44)55)6-3-8-40(30)41-9-4-7-39(31(41)2)35-12-14-42-36(21-35)13-15-45(42)54-18-16-34(17-19-54)49(56)57/h3-4,6-9,12,14,20-23,25-26,34,44-46,53,55H,5,10-11,13,15-19,27-29H2,1-2H3,(H,56,57)/t44-,45?,46+/m1/s1. The maximum Gasteiger partial charge on any atom is 0.306 e. The number of aliphatic carboxylic acids is 1. The molecule has 1 aromatic heterocycles. The lowest BCUT2D eigenvalue weighted by Gasteiger charge is -2.35. The highest BCUT2D eigenvalue weighted by molar-refractivity contribution is 6.32. The monoisotopic (exact) mass is 810 g/mol. The fourth-order valence-corrected chi connectivity index (χ4v) is 9.54. The Balaban J connectivity index is 0.997. The molecule has 2 fully saturated rings. The van der Waals surface area contributed by atoms with Crippen molar-refractivity contribution in [2.75, 3.05) is 13.1 Å². The molecule has 3 N–H and O–H groups in total. The highest BCUT2D eigenvalue weighted by Crippen LogP contribution is 2.42. The molecule has 2 aliphatic carbocycles. The van der Waals surface area contributed by atoms with Gasteiger partial charge in [-0.3, -0.25) is 14.7 Å². The number of aryl methyl sites for hydroxylation is 1. The molecule has 5 aromatic rings. The van der Waals surface area contributed by atoms with Gasteiger partial charge in [-0.25, -0.2) is 0 Å². The number of nitrogens with one attached hydrogen (secondary N) is 1. The van der Waals surface area contributed by atoms with E-state index in [-0.39, 0.29) is 24.7 Å². The molecule has 1 saturated heterocycles. The van der Waals surface area contributed by atoms with Crippen molar-refractivity contribution in [1.82, 2.24) is 15.2 Å². The zero-order chi connectivity index (χ0) is 41.0. The van der Waals surface area contributed by atoms with E-state index in [0.29, 0.717) is 41.3 Å². The molecule has 1 unspecified atom stereocenters. The molecule has 0 radical (unpaired) electrons. The van der Waals surface area contributed by atoms with Gasteiger partial charge in [0.05, 0.1) is 22.6 Å². The van der Waals surface area contributed by atoms with Gasteiger partial charge in [0.1, 0.15) is 30.8 Å². The smallest absolute Gasteiger partial charge is 0.306 e. The van der Waals surface area contributed by atoms with Crippen LogP contribution in [0.3, 0.4) is 0 Å². The highest BCUT2D eigenvalue weighted by atomic mass is 35.5. The highest BCUT2D eigenvalue weighted by Gasteiger charge is 2.33. The molecule has 8 rings (SSSR count). The third-order valence-electron chi connectivity index (χ3n) is 12.7. The van der Waals surface area contributed by atoms with Crippen LogP contribution >= 0.6 is 11.6 Å². The summed E-state index contributed by atoms with van der Waals surface area (Å²) in [6.07, 6.45) is 9.07. The summed E-state index contributed by atoms with van der Waals surface area (Å²) in [5.41, 5.74) is 13.0. The van der Waals surface area contributed by atoms with Crippen molar-refractivity contribution in [3.8, 4) is 39.8 Å². The summed E-state index contributed by atoms with van der Waals surface area (Å²) in [6, 6.07) is 27.8. The number of halogens is 1. The number of carboxylic acid groups (broad SMARTS) is 1. The van der Waals surface area contributed by atoms with E-state index >= 15 is 0 Å². The van der Waals surface area contributed by atoms with Crippen molar-refractivity contribution >= 4 is 17.6 Å². The number of rotatable bonds is 13. The van der Waals surface area contributed by atoms with Gasteiger partial charge in [0.25, 0.3) is 0 Å². The van der Waals surface area contributed by atoms with Crippen LogP contribution in [0.2, 0.25) is 5.02 Å². The second-order valence-electron chi connectivity index (χ2n) is 16.3. The quantitative estimate of drug-likeness (QED) is 0.107. The van der Waals surface area contributed by atoms with Gasteiger partial charge in [-0.2, -0.15) is 5.26 Å². The van der Waals surface area contributed by atoms with E-state index in [9.17, 15) is 20.3 Å². The molecule has 2 heterocycles. The molecular weight excluding hydrogens is 760 g/mol. The molecule has 1 aliphatic heterocycles. The number of fused-ring (bicyclic) bond motifs is 1. The number of carbonyl (C=O) groups is 1. The zero-order valence-corrected chi connectivity index (χ0v) is 34.5. The first-order valence-electron chi connectivity index (χ1n) is 20.8. The molecule has 59 heavy (non-hydrogen) atoms. The van der Waals surface area contributed by atoms with Gasteiger partial charge in [-0.1, -0.05) is 66.2 Å². The summed E-state index contributed by atoms with van der Waals surface area (Å²) in [6.45, 7) is 7.00. The van der Waals surface area contributed by atoms with Gasteiger partial charge in [0, 0.05) is 48.2 Å². The maximum atomic E-state index is 11.5. The number of aromatic nitrogens is 1. The van der Waals surface area contributed by atoms with E-state index in [4.69, 9.17) is 21.1 Å². The first kappa shape index (κ1) is 40.5. The predicted octanol–water partition coefficient (Wildman–Crippen LogP) is 9.50. The minimum absolute atomic E-state index is 0.0114. The SMILES string of the molecule is Cc1c(COc2cc(OCc3cncc(C#N)c3)c(CN[C@@H]3CCC[C@@H]3O)cc2Cl)cccc1-c1cccc(-c2ccc3c(c2)CCC3N2CCC(C(=O)O)CC2)c1C. The Morgan fingerprint density at radius 1 is 0.881 bits per heavy atom. The fraction of sp³-hybridized carbons (Fsp3) is 0.367. The summed E-state index contributed by atoms with van der Waals surface area (Å²) in [5, 5.41) is 33.2. The molecule has 1 saturated carbocycles. The molecule has 0 spiro atoms. The van der Waals surface area contributed by atoms with Crippen molar-refractivity contribution in [2.24, 2.45) is 5.92 Å². The second-order valence-corrected chi connectivity index (χ2v) is 16.7. The summed E-state index contributed by atoms with van der Waals surface area (Å²) in [7, 11) is 0. The van der Waals surface area contributed by atoms with Crippen LogP contribution in [0.4, 0.5) is 0 Å². The minimum Gasteiger partial charge on any atom is -0.488 e. The van der Waals surface area contributed by atoms with E-state index < -0.39 is 5.97 Å². The number of carboxylic acids is 1. The van der Waals surface area contributed by atoms with Crippen LogP contribution in [-0.2, 0) is 31.0 Å².